The standard InChI is InChI=1S/C22H24N2O5/c1-14-7-5-9-17(21(24-28-4)22(25)27-3)18(14)13-29-23-19-12-11-16-15(19)8-6-10-20(16)26-2/h5-10H,11-13H2,1-4H3/b23-19+,24-21+. The molecule has 0 heterocycles. The minimum absolute atomic E-state index is 0.0842. The average Bonchev–Trinajstić information content (AvgIpc) is 3.16. The molecule has 2 aromatic carbocycles. The van der Waals surface area contributed by atoms with Crippen molar-refractivity contribution in [3.05, 3.63) is 64.2 Å². The van der Waals surface area contributed by atoms with Crippen molar-refractivity contribution in [3.8, 4) is 5.75 Å². The molecular weight excluding hydrogens is 372 g/mol. The molecule has 0 spiro atoms. The molecule has 0 aliphatic heterocycles. The first-order chi connectivity index (χ1) is 14.1. The first-order valence-corrected chi connectivity index (χ1v) is 9.24. The lowest BCUT2D eigenvalue weighted by Gasteiger charge is -2.12. The second-order valence-electron chi connectivity index (χ2n) is 6.51. The molecule has 7 nitrogen and oxygen atoms in total. The van der Waals surface area contributed by atoms with Gasteiger partial charge in [-0.25, -0.2) is 4.79 Å². The number of carbonyl (C=O) groups excluding carboxylic acids is 1. The van der Waals surface area contributed by atoms with Gasteiger partial charge in [-0.1, -0.05) is 40.6 Å². The van der Waals surface area contributed by atoms with E-state index in [-0.39, 0.29) is 12.3 Å². The predicted octanol–water partition coefficient (Wildman–Crippen LogP) is 3.39. The molecule has 0 fully saturated rings. The van der Waals surface area contributed by atoms with Crippen LogP contribution in [0.2, 0.25) is 0 Å². The third kappa shape index (κ3) is 4.23. The number of hydrogen-bond acceptors (Lipinski definition) is 7. The third-order valence-electron chi connectivity index (χ3n) is 4.89. The molecule has 152 valence electrons. The lowest BCUT2D eigenvalue weighted by molar-refractivity contribution is -0.132. The maximum Gasteiger partial charge on any atom is 0.360 e. The van der Waals surface area contributed by atoms with Crippen LogP contribution >= 0.6 is 0 Å². The second kappa shape index (κ2) is 9.23. The van der Waals surface area contributed by atoms with Crippen LogP contribution in [0.4, 0.5) is 0 Å². The summed E-state index contributed by atoms with van der Waals surface area (Å²) in [4.78, 5) is 22.7. The van der Waals surface area contributed by atoms with E-state index in [2.05, 4.69) is 10.3 Å². The van der Waals surface area contributed by atoms with Gasteiger partial charge in [0.15, 0.2) is 5.71 Å². The van der Waals surface area contributed by atoms with E-state index >= 15 is 0 Å². The Labute approximate surface area is 169 Å². The van der Waals surface area contributed by atoms with Gasteiger partial charge in [0.2, 0.25) is 0 Å². The number of methoxy groups -OCH3 is 2. The average molecular weight is 396 g/mol. The number of carbonyl (C=O) groups is 1. The molecule has 2 aromatic rings. The van der Waals surface area contributed by atoms with Crippen LogP contribution in [0.15, 0.2) is 46.7 Å². The van der Waals surface area contributed by atoms with Crippen LogP contribution < -0.4 is 4.74 Å². The third-order valence-corrected chi connectivity index (χ3v) is 4.89. The Kier molecular flexibility index (Phi) is 6.49. The topological polar surface area (TPSA) is 78.7 Å². The van der Waals surface area contributed by atoms with Crippen molar-refractivity contribution in [1.29, 1.82) is 0 Å². The lowest BCUT2D eigenvalue weighted by Crippen LogP contribution is -2.20. The minimum Gasteiger partial charge on any atom is -0.496 e. The van der Waals surface area contributed by atoms with E-state index in [9.17, 15) is 4.79 Å². The maximum atomic E-state index is 12.1. The van der Waals surface area contributed by atoms with Gasteiger partial charge >= 0.3 is 5.97 Å². The zero-order valence-electron chi connectivity index (χ0n) is 17.0. The molecule has 0 saturated carbocycles. The fourth-order valence-corrected chi connectivity index (χ4v) is 3.43. The Balaban J connectivity index is 1.85. The molecule has 0 bridgehead atoms. The number of hydrogen-bond donors (Lipinski definition) is 0. The van der Waals surface area contributed by atoms with E-state index in [1.165, 1.54) is 14.2 Å². The van der Waals surface area contributed by atoms with Crippen molar-refractivity contribution in [3.63, 3.8) is 0 Å². The summed E-state index contributed by atoms with van der Waals surface area (Å²) in [6.45, 7) is 2.12. The molecule has 0 unspecified atom stereocenters. The summed E-state index contributed by atoms with van der Waals surface area (Å²) < 4.78 is 10.3. The van der Waals surface area contributed by atoms with Crippen LogP contribution in [0.25, 0.3) is 0 Å². The van der Waals surface area contributed by atoms with E-state index in [4.69, 9.17) is 19.1 Å². The Bertz CT molecular complexity index is 966. The van der Waals surface area contributed by atoms with Crippen LogP contribution in [0.1, 0.15) is 34.2 Å². The first-order valence-electron chi connectivity index (χ1n) is 9.24. The molecular formula is C22H24N2O5. The van der Waals surface area contributed by atoms with Crippen LogP contribution in [-0.4, -0.2) is 38.7 Å². The number of oxime groups is 2. The highest BCUT2D eigenvalue weighted by atomic mass is 16.6. The lowest BCUT2D eigenvalue weighted by atomic mass is 9.99. The van der Waals surface area contributed by atoms with Crippen LogP contribution in [0.5, 0.6) is 5.75 Å². The molecule has 1 aliphatic carbocycles. The number of fused-ring (bicyclic) bond motifs is 1. The van der Waals surface area contributed by atoms with Gasteiger partial charge in [-0.2, -0.15) is 0 Å². The number of nitrogens with zero attached hydrogens (tertiary/aromatic N) is 2. The molecule has 0 N–H and O–H groups in total. The number of esters is 1. The smallest absolute Gasteiger partial charge is 0.360 e. The number of ether oxygens (including phenoxy) is 2. The molecule has 3 rings (SSSR count). The van der Waals surface area contributed by atoms with Crippen LogP contribution in [0, 0.1) is 6.92 Å². The summed E-state index contributed by atoms with van der Waals surface area (Å²) in [6.07, 6.45) is 1.65. The zero-order valence-corrected chi connectivity index (χ0v) is 17.0. The number of rotatable bonds is 7. The molecule has 7 heteroatoms. The molecule has 0 atom stereocenters. The number of benzene rings is 2. The molecule has 1 aliphatic rings. The highest BCUT2D eigenvalue weighted by Crippen LogP contribution is 2.31. The number of aryl methyl sites for hydroxylation is 1. The SMILES string of the molecule is CO/N=C(/C(=O)OC)c1cccc(C)c1CO/N=C1\CCc2c(OC)cccc21. The van der Waals surface area contributed by atoms with E-state index in [1.54, 1.807) is 13.2 Å². The Morgan fingerprint density at radius 2 is 1.86 bits per heavy atom. The van der Waals surface area contributed by atoms with Gasteiger partial charge in [-0.05, 0) is 31.4 Å². The minimum atomic E-state index is -0.582. The van der Waals surface area contributed by atoms with Crippen molar-refractivity contribution < 1.29 is 23.9 Å². The highest BCUT2D eigenvalue weighted by molar-refractivity contribution is 6.43. The Morgan fingerprint density at radius 3 is 2.59 bits per heavy atom. The normalized spacial score (nSPS) is 14.5. The summed E-state index contributed by atoms with van der Waals surface area (Å²) in [6, 6.07) is 11.5. The van der Waals surface area contributed by atoms with Gasteiger partial charge in [-0.15, -0.1) is 0 Å². The summed E-state index contributed by atoms with van der Waals surface area (Å²) >= 11 is 0. The van der Waals surface area contributed by atoms with Crippen molar-refractivity contribution in [2.45, 2.75) is 26.4 Å². The van der Waals surface area contributed by atoms with E-state index < -0.39 is 5.97 Å². The van der Waals surface area contributed by atoms with Crippen molar-refractivity contribution in [2.75, 3.05) is 21.3 Å². The Hall–Kier alpha value is -3.35. The summed E-state index contributed by atoms with van der Waals surface area (Å²) in [5.74, 6) is 0.286. The first kappa shape index (κ1) is 20.4. The van der Waals surface area contributed by atoms with Crippen LogP contribution in [-0.2, 0) is 32.2 Å². The highest BCUT2D eigenvalue weighted by Gasteiger charge is 2.23. The second-order valence-corrected chi connectivity index (χ2v) is 6.51. The van der Waals surface area contributed by atoms with E-state index in [1.807, 2.05) is 37.3 Å². The van der Waals surface area contributed by atoms with Gasteiger partial charge in [0.1, 0.15) is 19.5 Å². The van der Waals surface area contributed by atoms with Crippen molar-refractivity contribution in [1.82, 2.24) is 0 Å². The maximum absolute atomic E-state index is 12.1. The summed E-state index contributed by atoms with van der Waals surface area (Å²) in [5, 5.41) is 8.20. The van der Waals surface area contributed by atoms with Crippen molar-refractivity contribution >= 4 is 17.4 Å². The van der Waals surface area contributed by atoms with Crippen LogP contribution in [0.3, 0.4) is 0 Å². The van der Waals surface area contributed by atoms with E-state index in [0.29, 0.717) is 5.56 Å². The monoisotopic (exact) mass is 396 g/mol. The predicted molar refractivity (Wildman–Crippen MR) is 109 cm³/mol. The molecule has 0 aromatic heterocycles. The summed E-state index contributed by atoms with van der Waals surface area (Å²) in [5.41, 5.74) is 5.49. The Morgan fingerprint density at radius 1 is 1.07 bits per heavy atom. The molecule has 0 amide bonds. The molecule has 0 radical (unpaired) electrons. The quantitative estimate of drug-likeness (QED) is 0.407. The van der Waals surface area contributed by atoms with Gasteiger partial charge in [0, 0.05) is 22.3 Å². The van der Waals surface area contributed by atoms with E-state index in [0.717, 1.165) is 46.6 Å². The zero-order chi connectivity index (χ0) is 20.8. The van der Waals surface area contributed by atoms with Gasteiger partial charge < -0.3 is 19.1 Å². The fraction of sp³-hybridized carbons (Fsp3) is 0.318. The van der Waals surface area contributed by atoms with Gasteiger partial charge in [0.05, 0.1) is 19.9 Å². The largest absolute Gasteiger partial charge is 0.496 e. The van der Waals surface area contributed by atoms with Gasteiger partial charge in [-0.3, -0.25) is 0 Å². The summed E-state index contributed by atoms with van der Waals surface area (Å²) in [7, 11) is 4.35. The van der Waals surface area contributed by atoms with Gasteiger partial charge in [0.25, 0.3) is 0 Å². The van der Waals surface area contributed by atoms with Crippen molar-refractivity contribution in [2.24, 2.45) is 10.3 Å². The fourth-order valence-electron chi connectivity index (χ4n) is 3.43. The molecule has 29 heavy (non-hydrogen) atoms. The molecule has 0 saturated heterocycles.